The molecule has 0 aromatic carbocycles. The summed E-state index contributed by atoms with van der Waals surface area (Å²) in [5, 5.41) is 0. The van der Waals surface area contributed by atoms with Crippen molar-refractivity contribution >= 4 is 5.82 Å². The zero-order valence-corrected chi connectivity index (χ0v) is 9.53. The number of aromatic nitrogens is 1. The minimum atomic E-state index is 0.683. The summed E-state index contributed by atoms with van der Waals surface area (Å²) < 4.78 is 0. The van der Waals surface area contributed by atoms with Crippen molar-refractivity contribution in [1.82, 2.24) is 4.98 Å². The quantitative estimate of drug-likeness (QED) is 0.812. The van der Waals surface area contributed by atoms with Crippen LogP contribution < -0.4 is 10.6 Å². The monoisotopic (exact) mass is 205 g/mol. The van der Waals surface area contributed by atoms with Crippen LogP contribution in [0.1, 0.15) is 24.1 Å². The first-order valence-corrected chi connectivity index (χ1v) is 5.63. The molecule has 82 valence electrons. The maximum atomic E-state index is 5.63. The minimum Gasteiger partial charge on any atom is -0.352 e. The van der Waals surface area contributed by atoms with Crippen molar-refractivity contribution in [2.24, 2.45) is 5.73 Å². The number of anilines is 1. The molecule has 1 aromatic heterocycles. The summed E-state index contributed by atoms with van der Waals surface area (Å²) >= 11 is 0. The molecule has 3 heteroatoms. The second-order valence-electron chi connectivity index (χ2n) is 4.29. The van der Waals surface area contributed by atoms with E-state index in [0.29, 0.717) is 12.6 Å². The molecule has 1 aliphatic carbocycles. The SMILES string of the molecule is Cc1ccc(N(CCN)C2CC2)nc1C. The van der Waals surface area contributed by atoms with Crippen molar-refractivity contribution in [2.45, 2.75) is 32.7 Å². The van der Waals surface area contributed by atoms with Gasteiger partial charge in [-0.2, -0.15) is 0 Å². The van der Waals surface area contributed by atoms with Gasteiger partial charge in [0.2, 0.25) is 0 Å². The van der Waals surface area contributed by atoms with Crippen LogP contribution in [0.4, 0.5) is 5.82 Å². The molecule has 1 aromatic rings. The third kappa shape index (κ3) is 2.29. The lowest BCUT2D eigenvalue weighted by Crippen LogP contribution is -2.32. The Kier molecular flexibility index (Phi) is 2.91. The van der Waals surface area contributed by atoms with Gasteiger partial charge < -0.3 is 10.6 Å². The maximum absolute atomic E-state index is 5.63. The molecule has 0 amide bonds. The van der Waals surface area contributed by atoms with E-state index in [-0.39, 0.29) is 0 Å². The number of nitrogens with zero attached hydrogens (tertiary/aromatic N) is 2. The van der Waals surface area contributed by atoms with Crippen LogP contribution in [0.5, 0.6) is 0 Å². The van der Waals surface area contributed by atoms with E-state index in [0.717, 1.165) is 18.1 Å². The van der Waals surface area contributed by atoms with Gasteiger partial charge in [-0.1, -0.05) is 6.07 Å². The molecule has 0 spiro atoms. The highest BCUT2D eigenvalue weighted by atomic mass is 15.2. The highest BCUT2D eigenvalue weighted by molar-refractivity contribution is 5.43. The van der Waals surface area contributed by atoms with Gasteiger partial charge >= 0.3 is 0 Å². The zero-order valence-electron chi connectivity index (χ0n) is 9.53. The topological polar surface area (TPSA) is 42.1 Å². The van der Waals surface area contributed by atoms with E-state index in [1.165, 1.54) is 18.4 Å². The molecule has 0 saturated heterocycles. The van der Waals surface area contributed by atoms with E-state index in [9.17, 15) is 0 Å². The lowest BCUT2D eigenvalue weighted by atomic mass is 10.2. The van der Waals surface area contributed by atoms with Gasteiger partial charge in [0, 0.05) is 24.8 Å². The Balaban J connectivity index is 2.21. The molecule has 1 aliphatic rings. The van der Waals surface area contributed by atoms with Gasteiger partial charge in [0.05, 0.1) is 0 Å². The van der Waals surface area contributed by atoms with Crippen LogP contribution in [0, 0.1) is 13.8 Å². The average molecular weight is 205 g/mol. The summed E-state index contributed by atoms with van der Waals surface area (Å²) in [6.07, 6.45) is 2.57. The zero-order chi connectivity index (χ0) is 10.8. The van der Waals surface area contributed by atoms with E-state index >= 15 is 0 Å². The molecule has 0 aliphatic heterocycles. The summed E-state index contributed by atoms with van der Waals surface area (Å²) in [5.74, 6) is 1.09. The second-order valence-corrected chi connectivity index (χ2v) is 4.29. The maximum Gasteiger partial charge on any atom is 0.129 e. The Hall–Kier alpha value is -1.09. The molecule has 2 rings (SSSR count). The predicted octanol–water partition coefficient (Wildman–Crippen LogP) is 1.63. The average Bonchev–Trinajstić information content (AvgIpc) is 3.02. The number of rotatable bonds is 4. The minimum absolute atomic E-state index is 0.683. The van der Waals surface area contributed by atoms with Gasteiger partial charge in [-0.3, -0.25) is 0 Å². The van der Waals surface area contributed by atoms with E-state index in [1.54, 1.807) is 0 Å². The summed E-state index contributed by atoms with van der Waals surface area (Å²) in [4.78, 5) is 6.96. The van der Waals surface area contributed by atoms with Crippen LogP contribution in [0.3, 0.4) is 0 Å². The summed E-state index contributed by atoms with van der Waals surface area (Å²) in [7, 11) is 0. The lowest BCUT2D eigenvalue weighted by molar-refractivity contribution is 0.768. The van der Waals surface area contributed by atoms with Crippen LogP contribution in [0.25, 0.3) is 0 Å². The first kappa shape index (κ1) is 10.4. The summed E-state index contributed by atoms with van der Waals surface area (Å²) in [6.45, 7) is 5.77. The van der Waals surface area contributed by atoms with Crippen LogP contribution in [-0.4, -0.2) is 24.1 Å². The third-order valence-electron chi connectivity index (χ3n) is 2.99. The number of hydrogen-bond donors (Lipinski definition) is 1. The Morgan fingerprint density at radius 2 is 2.13 bits per heavy atom. The van der Waals surface area contributed by atoms with E-state index < -0.39 is 0 Å². The number of pyridine rings is 1. The van der Waals surface area contributed by atoms with Gasteiger partial charge in [-0.15, -0.1) is 0 Å². The fraction of sp³-hybridized carbons (Fsp3) is 0.583. The van der Waals surface area contributed by atoms with E-state index in [4.69, 9.17) is 5.73 Å². The molecule has 1 saturated carbocycles. The smallest absolute Gasteiger partial charge is 0.129 e. The largest absolute Gasteiger partial charge is 0.352 e. The standard InChI is InChI=1S/C12H19N3/c1-9-3-6-12(14-10(9)2)15(8-7-13)11-4-5-11/h3,6,11H,4-5,7-8,13H2,1-2H3. The molecule has 0 unspecified atom stereocenters. The first-order valence-electron chi connectivity index (χ1n) is 5.63. The fourth-order valence-corrected chi connectivity index (χ4v) is 1.79. The summed E-state index contributed by atoms with van der Waals surface area (Å²) in [6, 6.07) is 4.93. The van der Waals surface area contributed by atoms with Crippen molar-refractivity contribution in [3.05, 3.63) is 23.4 Å². The highest BCUT2D eigenvalue weighted by Gasteiger charge is 2.29. The van der Waals surface area contributed by atoms with Crippen molar-refractivity contribution in [1.29, 1.82) is 0 Å². The third-order valence-corrected chi connectivity index (χ3v) is 2.99. The Morgan fingerprint density at radius 1 is 1.40 bits per heavy atom. The molecule has 1 heterocycles. The molecule has 3 nitrogen and oxygen atoms in total. The van der Waals surface area contributed by atoms with E-state index in [2.05, 4.69) is 35.9 Å². The van der Waals surface area contributed by atoms with Crippen molar-refractivity contribution in [3.8, 4) is 0 Å². The van der Waals surface area contributed by atoms with Crippen molar-refractivity contribution in [2.75, 3.05) is 18.0 Å². The predicted molar refractivity (Wildman–Crippen MR) is 63.1 cm³/mol. The number of hydrogen-bond acceptors (Lipinski definition) is 3. The van der Waals surface area contributed by atoms with Gasteiger partial charge in [0.1, 0.15) is 5.82 Å². The molecule has 1 fully saturated rings. The van der Waals surface area contributed by atoms with Crippen LogP contribution in [-0.2, 0) is 0 Å². The molecule has 0 atom stereocenters. The Labute approximate surface area is 91.3 Å². The highest BCUT2D eigenvalue weighted by Crippen LogP contribution is 2.30. The molecule has 0 bridgehead atoms. The number of nitrogens with two attached hydrogens (primary N) is 1. The Morgan fingerprint density at radius 3 is 2.67 bits per heavy atom. The van der Waals surface area contributed by atoms with Gasteiger partial charge in [-0.25, -0.2) is 4.98 Å². The number of aryl methyl sites for hydroxylation is 2. The van der Waals surface area contributed by atoms with E-state index in [1.807, 2.05) is 0 Å². The Bertz CT molecular complexity index is 345. The van der Waals surface area contributed by atoms with Crippen molar-refractivity contribution < 1.29 is 0 Å². The molecular formula is C12H19N3. The molecule has 0 radical (unpaired) electrons. The van der Waals surface area contributed by atoms with Gasteiger partial charge in [-0.05, 0) is 38.3 Å². The molecule has 2 N–H and O–H groups in total. The first-order chi connectivity index (χ1) is 7.22. The van der Waals surface area contributed by atoms with Crippen LogP contribution in [0.15, 0.2) is 12.1 Å². The van der Waals surface area contributed by atoms with Crippen molar-refractivity contribution in [3.63, 3.8) is 0 Å². The molecular weight excluding hydrogens is 186 g/mol. The van der Waals surface area contributed by atoms with Crippen LogP contribution in [0.2, 0.25) is 0 Å². The van der Waals surface area contributed by atoms with Crippen LogP contribution >= 0.6 is 0 Å². The van der Waals surface area contributed by atoms with Gasteiger partial charge in [0.15, 0.2) is 0 Å². The summed E-state index contributed by atoms with van der Waals surface area (Å²) in [5.41, 5.74) is 8.00. The second kappa shape index (κ2) is 4.19. The fourth-order valence-electron chi connectivity index (χ4n) is 1.79. The normalized spacial score (nSPS) is 15.4. The molecule has 15 heavy (non-hydrogen) atoms. The van der Waals surface area contributed by atoms with Gasteiger partial charge in [0.25, 0.3) is 0 Å². The lowest BCUT2D eigenvalue weighted by Gasteiger charge is -2.23.